The third kappa shape index (κ3) is 4.66. The Labute approximate surface area is 188 Å². The van der Waals surface area contributed by atoms with Crippen LogP contribution in [-0.4, -0.2) is 22.4 Å². The highest BCUT2D eigenvalue weighted by Crippen LogP contribution is 2.67. The molecule has 0 aromatic rings. The van der Waals surface area contributed by atoms with Crippen molar-refractivity contribution in [2.45, 2.75) is 138 Å². The smallest absolute Gasteiger partial charge is 0.0543 e. The fraction of sp³-hybridized carbons (Fsp3) is 1.00. The predicted octanol–water partition coefficient (Wildman–Crippen LogP) is 7.61. The van der Waals surface area contributed by atoms with Crippen molar-refractivity contribution in [2.24, 2.45) is 40.4 Å². The molecule has 30 heavy (non-hydrogen) atoms. The summed E-state index contributed by atoms with van der Waals surface area (Å²) in [6.07, 6.45) is 16.3. The lowest BCUT2D eigenvalue weighted by atomic mass is 9.44. The molecule has 0 aromatic carbocycles. The number of hydrogen-bond acceptors (Lipinski definition) is 2. The van der Waals surface area contributed by atoms with Crippen molar-refractivity contribution in [3.05, 3.63) is 0 Å². The maximum absolute atomic E-state index is 10.2. The summed E-state index contributed by atoms with van der Waals surface area (Å²) in [7, 11) is 0. The third-order valence-electron chi connectivity index (χ3n) is 10.4. The minimum atomic E-state index is -0.0809. The van der Waals surface area contributed by atoms with Gasteiger partial charge in [-0.3, -0.25) is 0 Å². The molecule has 4 rings (SSSR count). The highest BCUT2D eigenvalue weighted by atomic mass is 16.3. The second-order valence-corrected chi connectivity index (χ2v) is 11.4. The third-order valence-corrected chi connectivity index (χ3v) is 10.4. The summed E-state index contributed by atoms with van der Waals surface area (Å²) in [5, 5.41) is 20.1. The maximum atomic E-state index is 10.2. The summed E-state index contributed by atoms with van der Waals surface area (Å²) in [5.41, 5.74) is 1.07. The minimum Gasteiger partial charge on any atom is -0.393 e. The van der Waals surface area contributed by atoms with Crippen LogP contribution in [0.4, 0.5) is 0 Å². The molecule has 4 aliphatic carbocycles. The zero-order valence-corrected chi connectivity index (χ0v) is 20.1. The SMILES string of the molecule is C.CC.CCC(O)CCC[C@H]1CCC2C3CCC4CC(O)CC[C@]4(C)C3CCC21C. The number of fused-ring (bicyclic) bond motifs is 5. The Kier molecular flexibility index (Phi) is 9.33. The number of aliphatic hydroxyl groups is 2. The first-order valence-corrected chi connectivity index (χ1v) is 13.2. The van der Waals surface area contributed by atoms with E-state index in [1.165, 1.54) is 57.8 Å². The Hall–Kier alpha value is -0.0800. The lowest BCUT2D eigenvalue weighted by Crippen LogP contribution is -2.53. The maximum Gasteiger partial charge on any atom is 0.0543 e. The highest BCUT2D eigenvalue weighted by Gasteiger charge is 2.59. The lowest BCUT2D eigenvalue weighted by molar-refractivity contribution is -0.127. The molecular formula is C28H54O2. The van der Waals surface area contributed by atoms with Crippen LogP contribution in [-0.2, 0) is 0 Å². The molecule has 0 bridgehead atoms. The van der Waals surface area contributed by atoms with Crippen molar-refractivity contribution in [2.75, 3.05) is 0 Å². The van der Waals surface area contributed by atoms with E-state index in [0.717, 1.165) is 55.3 Å². The molecule has 2 nitrogen and oxygen atoms in total. The molecule has 0 heterocycles. The first kappa shape index (κ1) is 26.2. The van der Waals surface area contributed by atoms with E-state index < -0.39 is 0 Å². The van der Waals surface area contributed by atoms with Gasteiger partial charge in [-0.25, -0.2) is 0 Å². The molecule has 4 aliphatic rings. The summed E-state index contributed by atoms with van der Waals surface area (Å²) >= 11 is 0. The van der Waals surface area contributed by atoms with E-state index in [9.17, 15) is 10.2 Å². The van der Waals surface area contributed by atoms with Gasteiger partial charge in [0.15, 0.2) is 0 Å². The zero-order valence-electron chi connectivity index (χ0n) is 20.1. The molecular weight excluding hydrogens is 368 g/mol. The fourth-order valence-corrected chi connectivity index (χ4v) is 8.62. The largest absolute Gasteiger partial charge is 0.393 e. The van der Waals surface area contributed by atoms with Crippen LogP contribution in [0.1, 0.15) is 126 Å². The Bertz CT molecular complexity index is 519. The molecule has 0 amide bonds. The summed E-state index contributed by atoms with van der Waals surface area (Å²) in [6, 6.07) is 0. The molecule has 0 aromatic heterocycles. The number of hydrogen-bond donors (Lipinski definition) is 2. The molecule has 0 spiro atoms. The van der Waals surface area contributed by atoms with Crippen molar-refractivity contribution in [3.8, 4) is 0 Å². The molecule has 0 radical (unpaired) electrons. The molecule has 2 N–H and O–H groups in total. The summed E-state index contributed by atoms with van der Waals surface area (Å²) in [4.78, 5) is 0. The topological polar surface area (TPSA) is 40.5 Å². The second-order valence-electron chi connectivity index (χ2n) is 11.4. The molecule has 178 valence electrons. The average molecular weight is 423 g/mol. The van der Waals surface area contributed by atoms with Crippen molar-refractivity contribution in [1.29, 1.82) is 0 Å². The zero-order chi connectivity index (χ0) is 21.2. The molecule has 4 saturated carbocycles. The Morgan fingerprint density at radius 1 is 0.900 bits per heavy atom. The molecule has 4 fully saturated rings. The lowest BCUT2D eigenvalue weighted by Gasteiger charge is -2.61. The van der Waals surface area contributed by atoms with Crippen molar-refractivity contribution >= 4 is 0 Å². The van der Waals surface area contributed by atoms with Gasteiger partial charge in [0.1, 0.15) is 0 Å². The van der Waals surface area contributed by atoms with Gasteiger partial charge in [0.25, 0.3) is 0 Å². The van der Waals surface area contributed by atoms with Crippen LogP contribution in [0.15, 0.2) is 0 Å². The van der Waals surface area contributed by atoms with E-state index in [1.54, 1.807) is 0 Å². The van der Waals surface area contributed by atoms with E-state index >= 15 is 0 Å². The number of aliphatic hydroxyl groups excluding tert-OH is 2. The summed E-state index contributed by atoms with van der Waals surface area (Å²) in [6.45, 7) is 11.3. The monoisotopic (exact) mass is 422 g/mol. The highest BCUT2D eigenvalue weighted by molar-refractivity contribution is 5.09. The van der Waals surface area contributed by atoms with Crippen molar-refractivity contribution in [3.63, 3.8) is 0 Å². The molecule has 0 saturated heterocycles. The average Bonchev–Trinajstić information content (AvgIpc) is 3.06. The van der Waals surface area contributed by atoms with Crippen LogP contribution in [0.5, 0.6) is 0 Å². The van der Waals surface area contributed by atoms with Gasteiger partial charge in [0, 0.05) is 0 Å². The first-order valence-electron chi connectivity index (χ1n) is 13.2. The van der Waals surface area contributed by atoms with E-state index in [0.29, 0.717) is 10.8 Å². The normalized spacial score (nSPS) is 45.7. The Morgan fingerprint density at radius 3 is 2.27 bits per heavy atom. The summed E-state index contributed by atoms with van der Waals surface area (Å²) < 4.78 is 0. The van der Waals surface area contributed by atoms with Crippen LogP contribution >= 0.6 is 0 Å². The molecule has 0 aliphatic heterocycles. The van der Waals surface area contributed by atoms with Crippen LogP contribution < -0.4 is 0 Å². The van der Waals surface area contributed by atoms with E-state index in [4.69, 9.17) is 0 Å². The van der Waals surface area contributed by atoms with Gasteiger partial charge in [0.05, 0.1) is 12.2 Å². The minimum absolute atomic E-state index is 0. The van der Waals surface area contributed by atoms with Gasteiger partial charge >= 0.3 is 0 Å². The van der Waals surface area contributed by atoms with E-state index in [1.807, 2.05) is 13.8 Å². The quantitative estimate of drug-likeness (QED) is 0.478. The van der Waals surface area contributed by atoms with E-state index in [2.05, 4.69) is 20.8 Å². The molecule has 7 unspecified atom stereocenters. The summed E-state index contributed by atoms with van der Waals surface area (Å²) in [5.74, 6) is 4.49. The first-order chi connectivity index (χ1) is 13.9. The fourth-order valence-electron chi connectivity index (χ4n) is 8.62. The van der Waals surface area contributed by atoms with Gasteiger partial charge in [0.2, 0.25) is 0 Å². The van der Waals surface area contributed by atoms with E-state index in [-0.39, 0.29) is 19.6 Å². The van der Waals surface area contributed by atoms with Gasteiger partial charge in [-0.2, -0.15) is 0 Å². The number of rotatable bonds is 5. The Morgan fingerprint density at radius 2 is 1.57 bits per heavy atom. The van der Waals surface area contributed by atoms with Gasteiger partial charge < -0.3 is 10.2 Å². The van der Waals surface area contributed by atoms with Crippen molar-refractivity contribution in [1.82, 2.24) is 0 Å². The molecule has 9 atom stereocenters. The van der Waals surface area contributed by atoms with Gasteiger partial charge in [-0.1, -0.05) is 48.5 Å². The van der Waals surface area contributed by atoms with Crippen LogP contribution in [0.25, 0.3) is 0 Å². The van der Waals surface area contributed by atoms with Crippen LogP contribution in [0.2, 0.25) is 0 Å². The van der Waals surface area contributed by atoms with Crippen LogP contribution in [0, 0.1) is 40.4 Å². The molecule has 2 heteroatoms. The van der Waals surface area contributed by atoms with Crippen molar-refractivity contribution < 1.29 is 10.2 Å². The second kappa shape index (κ2) is 10.7. The predicted molar refractivity (Wildman–Crippen MR) is 129 cm³/mol. The van der Waals surface area contributed by atoms with Gasteiger partial charge in [-0.15, -0.1) is 0 Å². The van der Waals surface area contributed by atoms with Gasteiger partial charge in [-0.05, 0) is 117 Å². The Balaban J connectivity index is 0.00000104. The van der Waals surface area contributed by atoms with Crippen LogP contribution in [0.3, 0.4) is 0 Å². The standard InChI is InChI=1S/C25H44O2.C2H6.CH4/c1-4-19(26)7-5-6-17-9-11-22-21-10-8-18-16-20(27)12-14-25(18,3)23(21)13-15-24(17,22)2;1-2;/h17-23,26-27H,4-16H2,1-3H3;1-2H3;1H4/t17-,18?,19?,20?,21?,22?,23?,24?,25-;;/m0../s1.